The van der Waals surface area contributed by atoms with Crippen LogP contribution in [0.4, 0.5) is 0 Å². The fraction of sp³-hybridized carbons (Fsp3) is 0.280. The van der Waals surface area contributed by atoms with Gasteiger partial charge in [-0.1, -0.05) is 54.1 Å². The molecule has 3 aromatic carbocycles. The fourth-order valence-corrected chi connectivity index (χ4v) is 7.66. The standard InChI is InChI=1S/C25H31N3O6S3/c1-20-12-14-23(15-13-20)37(33,34)28(18-16-26-35(29,30)24-10-6-4-8-21(24)2)19-17-27-36(31,32)25-11-7-5-9-22(25)3/h4-15,26-27H,16-19H2,1-3H3. The van der Waals surface area contributed by atoms with E-state index in [4.69, 9.17) is 0 Å². The van der Waals surface area contributed by atoms with Crippen LogP contribution >= 0.6 is 0 Å². The average Bonchev–Trinajstić information content (AvgIpc) is 2.83. The molecule has 2 N–H and O–H groups in total. The van der Waals surface area contributed by atoms with E-state index in [1.165, 1.54) is 24.3 Å². The van der Waals surface area contributed by atoms with Crippen LogP contribution in [0.15, 0.2) is 87.5 Å². The van der Waals surface area contributed by atoms with Gasteiger partial charge >= 0.3 is 0 Å². The van der Waals surface area contributed by atoms with Gasteiger partial charge in [-0.2, -0.15) is 4.31 Å². The van der Waals surface area contributed by atoms with Crippen molar-refractivity contribution in [2.75, 3.05) is 26.2 Å². The number of nitrogens with one attached hydrogen (secondary N) is 2. The molecule has 0 saturated heterocycles. The van der Waals surface area contributed by atoms with Crippen molar-refractivity contribution in [1.82, 2.24) is 13.7 Å². The van der Waals surface area contributed by atoms with Gasteiger partial charge in [-0.15, -0.1) is 0 Å². The van der Waals surface area contributed by atoms with Crippen LogP contribution in [-0.2, 0) is 30.1 Å². The van der Waals surface area contributed by atoms with E-state index in [2.05, 4.69) is 9.44 Å². The molecule has 0 aliphatic carbocycles. The zero-order chi connectivity index (χ0) is 27.3. The Morgan fingerprint density at radius 3 is 1.41 bits per heavy atom. The molecule has 0 bridgehead atoms. The molecule has 0 spiro atoms. The molecule has 12 heteroatoms. The molecule has 3 rings (SSSR count). The Labute approximate surface area is 219 Å². The summed E-state index contributed by atoms with van der Waals surface area (Å²) in [7, 11) is -11.8. The van der Waals surface area contributed by atoms with Crippen molar-refractivity contribution in [2.45, 2.75) is 35.5 Å². The largest absolute Gasteiger partial charge is 0.243 e. The number of hydrogen-bond acceptors (Lipinski definition) is 6. The predicted molar refractivity (Wildman–Crippen MR) is 143 cm³/mol. The molecule has 0 heterocycles. The molecule has 0 aliphatic heterocycles. The van der Waals surface area contributed by atoms with Gasteiger partial charge in [0.15, 0.2) is 0 Å². The second kappa shape index (κ2) is 11.8. The van der Waals surface area contributed by atoms with E-state index in [9.17, 15) is 25.3 Å². The van der Waals surface area contributed by atoms with Gasteiger partial charge in [0, 0.05) is 26.2 Å². The first kappa shape index (κ1) is 29.0. The maximum atomic E-state index is 13.4. The van der Waals surface area contributed by atoms with E-state index in [-0.39, 0.29) is 40.9 Å². The number of sulfonamides is 3. The first-order chi connectivity index (χ1) is 17.3. The fourth-order valence-electron chi connectivity index (χ4n) is 3.69. The smallest absolute Gasteiger partial charge is 0.210 e. The summed E-state index contributed by atoms with van der Waals surface area (Å²) in [6, 6.07) is 19.2. The van der Waals surface area contributed by atoms with Crippen LogP contribution in [0, 0.1) is 20.8 Å². The minimum absolute atomic E-state index is 0.0293. The number of benzene rings is 3. The summed E-state index contributed by atoms with van der Waals surface area (Å²) in [5.74, 6) is 0. The summed E-state index contributed by atoms with van der Waals surface area (Å²) in [6.45, 7) is 4.36. The molecule has 0 aliphatic rings. The van der Waals surface area contributed by atoms with Crippen LogP contribution in [0.25, 0.3) is 0 Å². The highest BCUT2D eigenvalue weighted by molar-refractivity contribution is 7.90. The van der Waals surface area contributed by atoms with Crippen molar-refractivity contribution in [3.63, 3.8) is 0 Å². The molecule has 0 unspecified atom stereocenters. The maximum absolute atomic E-state index is 13.4. The second-order valence-electron chi connectivity index (χ2n) is 8.54. The quantitative estimate of drug-likeness (QED) is 0.347. The van der Waals surface area contributed by atoms with Gasteiger partial charge < -0.3 is 0 Å². The van der Waals surface area contributed by atoms with Crippen LogP contribution in [0.2, 0.25) is 0 Å². The third kappa shape index (κ3) is 7.24. The molecule has 3 aromatic rings. The highest BCUT2D eigenvalue weighted by Gasteiger charge is 2.26. The lowest BCUT2D eigenvalue weighted by Crippen LogP contribution is -2.42. The monoisotopic (exact) mass is 565 g/mol. The molecule has 200 valence electrons. The lowest BCUT2D eigenvalue weighted by atomic mass is 10.2. The molecule has 0 saturated carbocycles. The van der Waals surface area contributed by atoms with Crippen molar-refractivity contribution in [3.8, 4) is 0 Å². The van der Waals surface area contributed by atoms with E-state index >= 15 is 0 Å². The minimum Gasteiger partial charge on any atom is -0.210 e. The summed E-state index contributed by atoms with van der Waals surface area (Å²) in [4.78, 5) is 0.240. The second-order valence-corrected chi connectivity index (χ2v) is 14.0. The molecule has 0 aromatic heterocycles. The Balaban J connectivity index is 1.78. The third-order valence-electron chi connectivity index (χ3n) is 5.73. The van der Waals surface area contributed by atoms with Crippen LogP contribution in [-0.4, -0.2) is 55.7 Å². The normalized spacial score (nSPS) is 12.6. The molecule has 37 heavy (non-hydrogen) atoms. The number of rotatable bonds is 12. The third-order valence-corrected chi connectivity index (χ3v) is 10.9. The molecule has 0 atom stereocenters. The Morgan fingerprint density at radius 1 is 0.595 bits per heavy atom. The van der Waals surface area contributed by atoms with E-state index in [0.717, 1.165) is 9.87 Å². The van der Waals surface area contributed by atoms with Crippen LogP contribution < -0.4 is 9.44 Å². The molecular formula is C25H31N3O6S3. The topological polar surface area (TPSA) is 130 Å². The first-order valence-corrected chi connectivity index (χ1v) is 15.9. The van der Waals surface area contributed by atoms with E-state index in [1.807, 2.05) is 6.92 Å². The highest BCUT2D eigenvalue weighted by atomic mass is 32.2. The molecule has 0 amide bonds. The lowest BCUT2D eigenvalue weighted by molar-refractivity contribution is 0.414. The first-order valence-electron chi connectivity index (χ1n) is 11.5. The summed E-state index contributed by atoms with van der Waals surface area (Å²) in [6.07, 6.45) is 0. The number of aryl methyl sites for hydroxylation is 3. The van der Waals surface area contributed by atoms with E-state index in [1.54, 1.807) is 62.4 Å². The Hall–Kier alpha value is -2.61. The van der Waals surface area contributed by atoms with Crippen LogP contribution in [0.5, 0.6) is 0 Å². The highest BCUT2D eigenvalue weighted by Crippen LogP contribution is 2.18. The minimum atomic E-state index is -4.04. The van der Waals surface area contributed by atoms with Crippen molar-refractivity contribution in [2.24, 2.45) is 0 Å². The van der Waals surface area contributed by atoms with Gasteiger partial charge in [-0.05, 0) is 56.2 Å². The summed E-state index contributed by atoms with van der Waals surface area (Å²) in [5.41, 5.74) is 2.00. The lowest BCUT2D eigenvalue weighted by Gasteiger charge is -2.23. The Kier molecular flexibility index (Phi) is 9.27. The molecular weight excluding hydrogens is 534 g/mol. The van der Waals surface area contributed by atoms with Crippen molar-refractivity contribution in [1.29, 1.82) is 0 Å². The van der Waals surface area contributed by atoms with Gasteiger partial charge in [0.05, 0.1) is 14.7 Å². The Bertz CT molecular complexity index is 1470. The van der Waals surface area contributed by atoms with Crippen molar-refractivity contribution in [3.05, 3.63) is 89.5 Å². The van der Waals surface area contributed by atoms with E-state index < -0.39 is 30.1 Å². The van der Waals surface area contributed by atoms with E-state index in [0.29, 0.717) is 11.1 Å². The van der Waals surface area contributed by atoms with Gasteiger partial charge in [0.25, 0.3) is 0 Å². The van der Waals surface area contributed by atoms with Crippen molar-refractivity contribution < 1.29 is 25.3 Å². The summed E-state index contributed by atoms with van der Waals surface area (Å²) in [5, 5.41) is 0. The zero-order valence-corrected chi connectivity index (χ0v) is 23.3. The Morgan fingerprint density at radius 2 is 1.00 bits per heavy atom. The van der Waals surface area contributed by atoms with Gasteiger partial charge in [0.2, 0.25) is 30.1 Å². The van der Waals surface area contributed by atoms with Crippen molar-refractivity contribution >= 4 is 30.1 Å². The van der Waals surface area contributed by atoms with Gasteiger partial charge in [-0.3, -0.25) is 0 Å². The summed E-state index contributed by atoms with van der Waals surface area (Å²) >= 11 is 0. The SMILES string of the molecule is Cc1ccc(S(=O)(=O)N(CCNS(=O)(=O)c2ccccc2C)CCNS(=O)(=O)c2ccccc2C)cc1. The zero-order valence-electron chi connectivity index (χ0n) is 20.9. The molecule has 0 radical (unpaired) electrons. The average molecular weight is 566 g/mol. The number of hydrogen-bond donors (Lipinski definition) is 2. The summed E-state index contributed by atoms with van der Waals surface area (Å²) < 4.78 is 83.7. The van der Waals surface area contributed by atoms with Crippen LogP contribution in [0.1, 0.15) is 16.7 Å². The molecule has 0 fully saturated rings. The van der Waals surface area contributed by atoms with Crippen LogP contribution in [0.3, 0.4) is 0 Å². The predicted octanol–water partition coefficient (Wildman–Crippen LogP) is 2.56. The van der Waals surface area contributed by atoms with Gasteiger partial charge in [-0.25, -0.2) is 34.7 Å². The van der Waals surface area contributed by atoms with Gasteiger partial charge in [0.1, 0.15) is 0 Å². The number of nitrogens with zero attached hydrogens (tertiary/aromatic N) is 1. The molecule has 9 nitrogen and oxygen atoms in total. The maximum Gasteiger partial charge on any atom is 0.243 e.